The van der Waals surface area contributed by atoms with E-state index in [4.69, 9.17) is 22.0 Å². The van der Waals surface area contributed by atoms with E-state index in [-0.39, 0.29) is 34.2 Å². The molecule has 0 atom stereocenters. The second-order valence-electron chi connectivity index (χ2n) is 3.88. The fourth-order valence-corrected chi connectivity index (χ4v) is 3.51. The van der Waals surface area contributed by atoms with Crippen molar-refractivity contribution in [3.8, 4) is 6.07 Å². The molecule has 0 aromatic heterocycles. The molecule has 0 amide bonds. The van der Waals surface area contributed by atoms with Gasteiger partial charge in [0.25, 0.3) is 0 Å². The van der Waals surface area contributed by atoms with Crippen LogP contribution < -0.4 is 9.86 Å². The molecule has 0 unspecified atom stereocenters. The minimum absolute atomic E-state index is 0.0476. The van der Waals surface area contributed by atoms with E-state index >= 15 is 0 Å². The molecule has 20 heavy (non-hydrogen) atoms. The summed E-state index contributed by atoms with van der Waals surface area (Å²) in [5.74, 6) is -0.323. The van der Waals surface area contributed by atoms with Crippen LogP contribution in [0.15, 0.2) is 23.1 Å². The molecule has 1 rings (SSSR count). The number of hydrogen-bond acceptors (Lipinski definition) is 5. The van der Waals surface area contributed by atoms with Gasteiger partial charge >= 0.3 is 0 Å². The number of primary sulfonamides is 1. The fourth-order valence-electron chi connectivity index (χ4n) is 1.35. The summed E-state index contributed by atoms with van der Waals surface area (Å²) in [6.45, 7) is -0.0882. The molecule has 0 saturated heterocycles. The highest BCUT2D eigenvalue weighted by molar-refractivity contribution is 7.89. The number of benzene rings is 1. The Labute approximate surface area is 122 Å². The zero-order valence-corrected chi connectivity index (χ0v) is 12.6. The lowest BCUT2D eigenvalue weighted by molar-refractivity contribution is 0.576. The molecule has 10 heteroatoms. The molecule has 3 N–H and O–H groups in total. The highest BCUT2D eigenvalue weighted by atomic mass is 35.5. The molecule has 0 bridgehead atoms. The van der Waals surface area contributed by atoms with Gasteiger partial charge in [-0.05, 0) is 24.6 Å². The monoisotopic (exact) mass is 337 g/mol. The van der Waals surface area contributed by atoms with E-state index in [2.05, 4.69) is 4.72 Å². The van der Waals surface area contributed by atoms with Crippen LogP contribution >= 0.6 is 11.6 Å². The Morgan fingerprint density at radius 3 is 2.45 bits per heavy atom. The van der Waals surface area contributed by atoms with Gasteiger partial charge in [0, 0.05) is 6.54 Å². The molecule has 0 saturated carbocycles. The quantitative estimate of drug-likeness (QED) is 0.714. The van der Waals surface area contributed by atoms with Crippen molar-refractivity contribution in [2.45, 2.75) is 11.3 Å². The molecular formula is C10H12ClN3O4S2. The van der Waals surface area contributed by atoms with Crippen LogP contribution in [0.2, 0.25) is 5.02 Å². The van der Waals surface area contributed by atoms with E-state index in [1.165, 1.54) is 18.2 Å². The van der Waals surface area contributed by atoms with Crippen molar-refractivity contribution in [3.05, 3.63) is 28.8 Å². The number of nitrogens with zero attached hydrogens (tertiary/aromatic N) is 1. The number of rotatable bonds is 6. The van der Waals surface area contributed by atoms with Crippen LogP contribution in [0.4, 0.5) is 0 Å². The zero-order chi connectivity index (χ0) is 15.4. The number of hydrogen-bond donors (Lipinski definition) is 2. The van der Waals surface area contributed by atoms with E-state index in [1.807, 2.05) is 6.07 Å². The minimum Gasteiger partial charge on any atom is -0.229 e. The minimum atomic E-state index is -3.86. The van der Waals surface area contributed by atoms with Gasteiger partial charge in [0.1, 0.15) is 4.90 Å². The molecule has 0 aliphatic heterocycles. The maximum Gasteiger partial charge on any atom is 0.242 e. The van der Waals surface area contributed by atoms with E-state index in [9.17, 15) is 16.8 Å². The SMILES string of the molecule is N#Cc1ccc(S(=O)(=O)NCCCS(N)(=O)=O)c(Cl)c1. The Morgan fingerprint density at radius 1 is 1.30 bits per heavy atom. The van der Waals surface area contributed by atoms with E-state index in [1.54, 1.807) is 0 Å². The van der Waals surface area contributed by atoms with Gasteiger partial charge in [-0.3, -0.25) is 0 Å². The summed E-state index contributed by atoms with van der Waals surface area (Å²) in [5.41, 5.74) is 0.239. The van der Waals surface area contributed by atoms with Crippen molar-refractivity contribution < 1.29 is 16.8 Å². The first-order valence-corrected chi connectivity index (χ1v) is 8.93. The summed E-state index contributed by atoms with van der Waals surface area (Å²) in [5, 5.41) is 13.4. The predicted octanol–water partition coefficient (Wildman–Crippen LogP) is 0.169. The van der Waals surface area contributed by atoms with E-state index in [0.717, 1.165) is 0 Å². The van der Waals surface area contributed by atoms with E-state index < -0.39 is 20.0 Å². The average molecular weight is 338 g/mol. The van der Waals surface area contributed by atoms with Crippen LogP contribution in [0.25, 0.3) is 0 Å². The van der Waals surface area contributed by atoms with Gasteiger partial charge in [-0.25, -0.2) is 26.7 Å². The lowest BCUT2D eigenvalue weighted by atomic mass is 10.2. The Hall–Kier alpha value is -1.18. The Balaban J connectivity index is 2.77. The first-order chi connectivity index (χ1) is 9.15. The van der Waals surface area contributed by atoms with Gasteiger partial charge in [0.2, 0.25) is 20.0 Å². The molecule has 0 radical (unpaired) electrons. The second-order valence-corrected chi connectivity index (χ2v) is 7.75. The number of nitrogens with two attached hydrogens (primary N) is 1. The Morgan fingerprint density at radius 2 is 1.95 bits per heavy atom. The molecule has 0 fully saturated rings. The fraction of sp³-hybridized carbons (Fsp3) is 0.300. The molecule has 0 spiro atoms. The standard InChI is InChI=1S/C10H12ClN3O4S2/c11-9-6-8(7-12)2-3-10(9)20(17,18)14-4-1-5-19(13,15)16/h2-3,6,14H,1,4-5H2,(H2,13,15,16). The first-order valence-electron chi connectivity index (χ1n) is 5.35. The summed E-state index contributed by atoms with van der Waals surface area (Å²) in [4.78, 5) is -0.172. The summed E-state index contributed by atoms with van der Waals surface area (Å²) >= 11 is 5.79. The largest absolute Gasteiger partial charge is 0.242 e. The summed E-state index contributed by atoms with van der Waals surface area (Å²) in [6, 6.07) is 5.61. The van der Waals surface area contributed by atoms with Crippen LogP contribution in [0, 0.1) is 11.3 Å². The van der Waals surface area contributed by atoms with Crippen molar-refractivity contribution in [3.63, 3.8) is 0 Å². The van der Waals surface area contributed by atoms with Crippen LogP contribution in [0.5, 0.6) is 0 Å². The van der Waals surface area contributed by atoms with Crippen LogP contribution in [-0.2, 0) is 20.0 Å². The third-order valence-electron chi connectivity index (χ3n) is 2.25. The van der Waals surface area contributed by atoms with Crippen molar-refractivity contribution in [1.29, 1.82) is 5.26 Å². The predicted molar refractivity (Wildman–Crippen MR) is 73.9 cm³/mol. The van der Waals surface area contributed by atoms with Gasteiger partial charge in [0.05, 0.1) is 22.4 Å². The second kappa shape index (κ2) is 6.51. The van der Waals surface area contributed by atoms with Gasteiger partial charge in [-0.15, -0.1) is 0 Å². The third kappa shape index (κ3) is 5.07. The molecule has 1 aromatic carbocycles. The highest BCUT2D eigenvalue weighted by Gasteiger charge is 2.17. The smallest absolute Gasteiger partial charge is 0.229 e. The van der Waals surface area contributed by atoms with Gasteiger partial charge in [-0.1, -0.05) is 11.6 Å². The number of sulfonamides is 2. The molecule has 1 aromatic rings. The normalized spacial score (nSPS) is 12.1. The van der Waals surface area contributed by atoms with Crippen molar-refractivity contribution >= 4 is 31.6 Å². The average Bonchev–Trinajstić information content (AvgIpc) is 2.33. The molecular weight excluding hydrogens is 326 g/mol. The van der Waals surface area contributed by atoms with Crippen molar-refractivity contribution in [2.24, 2.45) is 5.14 Å². The van der Waals surface area contributed by atoms with Crippen LogP contribution in [0.1, 0.15) is 12.0 Å². The Kier molecular flexibility index (Phi) is 5.50. The first kappa shape index (κ1) is 16.9. The summed E-state index contributed by atoms with van der Waals surface area (Å²) in [6.07, 6.45) is 0.0476. The number of halogens is 1. The van der Waals surface area contributed by atoms with Gasteiger partial charge < -0.3 is 0 Å². The van der Waals surface area contributed by atoms with Gasteiger partial charge in [-0.2, -0.15) is 5.26 Å². The lowest BCUT2D eigenvalue weighted by Gasteiger charge is -2.08. The third-order valence-corrected chi connectivity index (χ3v) is 5.05. The van der Waals surface area contributed by atoms with Crippen LogP contribution in [-0.4, -0.2) is 29.1 Å². The lowest BCUT2D eigenvalue weighted by Crippen LogP contribution is -2.27. The molecule has 0 heterocycles. The molecule has 0 aliphatic rings. The number of nitrogens with one attached hydrogen (secondary N) is 1. The van der Waals surface area contributed by atoms with E-state index in [0.29, 0.717) is 0 Å². The molecule has 0 aliphatic carbocycles. The maximum atomic E-state index is 11.9. The van der Waals surface area contributed by atoms with Crippen LogP contribution in [0.3, 0.4) is 0 Å². The number of nitriles is 1. The maximum absolute atomic E-state index is 11.9. The van der Waals surface area contributed by atoms with Crippen molar-refractivity contribution in [1.82, 2.24) is 4.72 Å². The Bertz CT molecular complexity index is 738. The zero-order valence-electron chi connectivity index (χ0n) is 10.2. The topological polar surface area (TPSA) is 130 Å². The highest BCUT2D eigenvalue weighted by Crippen LogP contribution is 2.22. The summed E-state index contributed by atoms with van der Waals surface area (Å²) < 4.78 is 47.4. The summed E-state index contributed by atoms with van der Waals surface area (Å²) in [7, 11) is -7.48. The van der Waals surface area contributed by atoms with Gasteiger partial charge in [0.15, 0.2) is 0 Å². The van der Waals surface area contributed by atoms with Crippen molar-refractivity contribution in [2.75, 3.05) is 12.3 Å². The molecule has 7 nitrogen and oxygen atoms in total. The molecule has 110 valence electrons.